The fourth-order valence-corrected chi connectivity index (χ4v) is 0.947. The van der Waals surface area contributed by atoms with Gasteiger partial charge in [0.05, 0.1) is 6.26 Å². The van der Waals surface area contributed by atoms with Crippen molar-refractivity contribution < 1.29 is 4.74 Å². The molecule has 0 bridgehead atoms. The summed E-state index contributed by atoms with van der Waals surface area (Å²) >= 11 is 0. The molecular formula is C10H12O. The SMILES string of the molecule is C=CO[C@@H](C)c1ccccc1. The van der Waals surface area contributed by atoms with Crippen molar-refractivity contribution in [3.8, 4) is 0 Å². The molecule has 1 atom stereocenters. The normalized spacial score (nSPS) is 12.1. The van der Waals surface area contributed by atoms with Gasteiger partial charge >= 0.3 is 0 Å². The van der Waals surface area contributed by atoms with Gasteiger partial charge in [0, 0.05) is 0 Å². The fraction of sp³-hybridized carbons (Fsp3) is 0.200. The predicted octanol–water partition coefficient (Wildman–Crippen LogP) is 2.91. The molecule has 0 aliphatic rings. The first kappa shape index (κ1) is 7.86. The Balaban J connectivity index is 2.68. The zero-order valence-corrected chi connectivity index (χ0v) is 6.66. The van der Waals surface area contributed by atoms with E-state index >= 15 is 0 Å². The van der Waals surface area contributed by atoms with E-state index in [-0.39, 0.29) is 6.10 Å². The molecule has 1 aromatic rings. The first-order valence-corrected chi connectivity index (χ1v) is 3.66. The highest BCUT2D eigenvalue weighted by Gasteiger charge is 2.00. The van der Waals surface area contributed by atoms with Crippen molar-refractivity contribution >= 4 is 0 Å². The van der Waals surface area contributed by atoms with Crippen LogP contribution in [0.5, 0.6) is 0 Å². The molecule has 0 saturated carbocycles. The summed E-state index contributed by atoms with van der Waals surface area (Å²) in [5.74, 6) is 0. The molecule has 1 nitrogen and oxygen atoms in total. The summed E-state index contributed by atoms with van der Waals surface area (Å²) in [6.45, 7) is 5.50. The number of benzene rings is 1. The first-order chi connectivity index (χ1) is 5.34. The predicted molar refractivity (Wildman–Crippen MR) is 46.1 cm³/mol. The quantitative estimate of drug-likeness (QED) is 0.599. The van der Waals surface area contributed by atoms with Gasteiger partial charge in [0.25, 0.3) is 0 Å². The van der Waals surface area contributed by atoms with Crippen LogP contribution >= 0.6 is 0 Å². The van der Waals surface area contributed by atoms with Gasteiger partial charge < -0.3 is 4.74 Å². The average Bonchev–Trinajstić information content (AvgIpc) is 2.07. The van der Waals surface area contributed by atoms with Crippen molar-refractivity contribution in [2.75, 3.05) is 0 Å². The van der Waals surface area contributed by atoms with Crippen molar-refractivity contribution in [1.29, 1.82) is 0 Å². The molecule has 0 radical (unpaired) electrons. The number of hydrogen-bond donors (Lipinski definition) is 0. The molecule has 0 spiro atoms. The van der Waals surface area contributed by atoms with Gasteiger partial charge in [-0.05, 0) is 12.5 Å². The topological polar surface area (TPSA) is 9.23 Å². The minimum atomic E-state index is 0.105. The Bertz CT molecular complexity index is 216. The van der Waals surface area contributed by atoms with Crippen molar-refractivity contribution in [1.82, 2.24) is 0 Å². The molecule has 0 unspecified atom stereocenters. The molecule has 0 saturated heterocycles. The molecule has 0 amide bonds. The Morgan fingerprint density at radius 1 is 1.36 bits per heavy atom. The summed E-state index contributed by atoms with van der Waals surface area (Å²) in [4.78, 5) is 0. The van der Waals surface area contributed by atoms with Gasteiger partial charge in [-0.15, -0.1) is 0 Å². The van der Waals surface area contributed by atoms with E-state index in [0.29, 0.717) is 0 Å². The van der Waals surface area contributed by atoms with Crippen LogP contribution in [0.2, 0.25) is 0 Å². The second-order valence-electron chi connectivity index (χ2n) is 2.36. The fourth-order valence-electron chi connectivity index (χ4n) is 0.947. The van der Waals surface area contributed by atoms with E-state index < -0.39 is 0 Å². The highest BCUT2D eigenvalue weighted by atomic mass is 16.5. The van der Waals surface area contributed by atoms with Crippen LogP contribution < -0.4 is 0 Å². The number of ether oxygens (including phenoxy) is 1. The van der Waals surface area contributed by atoms with Gasteiger partial charge in [-0.3, -0.25) is 0 Å². The molecule has 1 rings (SSSR count). The summed E-state index contributed by atoms with van der Waals surface area (Å²) in [5, 5.41) is 0. The van der Waals surface area contributed by atoms with E-state index in [9.17, 15) is 0 Å². The second kappa shape index (κ2) is 3.81. The third-order valence-electron chi connectivity index (χ3n) is 1.57. The van der Waals surface area contributed by atoms with Crippen LogP contribution in [0.3, 0.4) is 0 Å². The van der Waals surface area contributed by atoms with Gasteiger partial charge in [-0.1, -0.05) is 36.9 Å². The largest absolute Gasteiger partial charge is 0.494 e. The summed E-state index contributed by atoms with van der Waals surface area (Å²) in [7, 11) is 0. The molecule has 0 aromatic heterocycles. The standard InChI is InChI=1S/C10H12O/c1-3-11-9(2)10-7-5-4-6-8-10/h3-9H,1H2,2H3/t9-/m0/s1. The lowest BCUT2D eigenvalue weighted by Gasteiger charge is -2.10. The molecule has 1 heteroatoms. The van der Waals surface area contributed by atoms with E-state index in [1.165, 1.54) is 11.8 Å². The van der Waals surface area contributed by atoms with Crippen LogP contribution in [0.1, 0.15) is 18.6 Å². The van der Waals surface area contributed by atoms with E-state index in [2.05, 4.69) is 6.58 Å². The van der Waals surface area contributed by atoms with E-state index in [0.717, 1.165) is 0 Å². The maximum absolute atomic E-state index is 5.19. The van der Waals surface area contributed by atoms with Gasteiger partial charge in [0.15, 0.2) is 0 Å². The van der Waals surface area contributed by atoms with Crippen LogP contribution in [0.15, 0.2) is 43.2 Å². The molecule has 0 aliphatic carbocycles. The monoisotopic (exact) mass is 148 g/mol. The molecule has 11 heavy (non-hydrogen) atoms. The minimum absolute atomic E-state index is 0.105. The Morgan fingerprint density at radius 3 is 2.55 bits per heavy atom. The van der Waals surface area contributed by atoms with Crippen LogP contribution in [0.4, 0.5) is 0 Å². The van der Waals surface area contributed by atoms with Gasteiger partial charge in [0.1, 0.15) is 6.10 Å². The zero-order valence-electron chi connectivity index (χ0n) is 6.66. The van der Waals surface area contributed by atoms with Gasteiger partial charge in [-0.25, -0.2) is 0 Å². The number of hydrogen-bond acceptors (Lipinski definition) is 1. The van der Waals surface area contributed by atoms with Crippen LogP contribution in [0, 0.1) is 0 Å². The van der Waals surface area contributed by atoms with E-state index in [4.69, 9.17) is 4.74 Å². The van der Waals surface area contributed by atoms with E-state index in [1.807, 2.05) is 37.3 Å². The summed E-state index contributed by atoms with van der Waals surface area (Å²) in [5.41, 5.74) is 1.17. The third kappa shape index (κ3) is 2.11. The number of rotatable bonds is 3. The maximum Gasteiger partial charge on any atom is 0.120 e. The summed E-state index contributed by atoms with van der Waals surface area (Å²) in [6, 6.07) is 10.1. The molecule has 1 aromatic carbocycles. The van der Waals surface area contributed by atoms with Crippen LogP contribution in [-0.4, -0.2) is 0 Å². The highest BCUT2D eigenvalue weighted by Crippen LogP contribution is 2.15. The molecule has 0 fully saturated rings. The highest BCUT2D eigenvalue weighted by molar-refractivity contribution is 5.16. The van der Waals surface area contributed by atoms with Crippen LogP contribution in [-0.2, 0) is 4.74 Å². The van der Waals surface area contributed by atoms with Crippen LogP contribution in [0.25, 0.3) is 0 Å². The Morgan fingerprint density at radius 2 is 2.00 bits per heavy atom. The summed E-state index contributed by atoms with van der Waals surface area (Å²) < 4.78 is 5.19. The molecule has 58 valence electrons. The lowest BCUT2D eigenvalue weighted by Crippen LogP contribution is -1.93. The van der Waals surface area contributed by atoms with Gasteiger partial charge in [-0.2, -0.15) is 0 Å². The molecular weight excluding hydrogens is 136 g/mol. The lowest BCUT2D eigenvalue weighted by molar-refractivity contribution is 0.165. The maximum atomic E-state index is 5.19. The zero-order chi connectivity index (χ0) is 8.10. The Labute approximate surface area is 67.3 Å². The third-order valence-corrected chi connectivity index (χ3v) is 1.57. The van der Waals surface area contributed by atoms with E-state index in [1.54, 1.807) is 0 Å². The van der Waals surface area contributed by atoms with Gasteiger partial charge in [0.2, 0.25) is 0 Å². The summed E-state index contributed by atoms with van der Waals surface area (Å²) in [6.07, 6.45) is 1.58. The van der Waals surface area contributed by atoms with Crippen molar-refractivity contribution in [3.05, 3.63) is 48.7 Å². The molecule has 0 N–H and O–H groups in total. The Hall–Kier alpha value is -1.24. The first-order valence-electron chi connectivity index (χ1n) is 3.66. The molecule has 0 heterocycles. The minimum Gasteiger partial charge on any atom is -0.494 e. The van der Waals surface area contributed by atoms with Crippen molar-refractivity contribution in [2.24, 2.45) is 0 Å². The molecule has 0 aliphatic heterocycles. The Kier molecular flexibility index (Phi) is 2.73. The van der Waals surface area contributed by atoms with Crippen molar-refractivity contribution in [3.63, 3.8) is 0 Å². The average molecular weight is 148 g/mol. The van der Waals surface area contributed by atoms with Crippen molar-refractivity contribution in [2.45, 2.75) is 13.0 Å². The lowest BCUT2D eigenvalue weighted by atomic mass is 10.1. The smallest absolute Gasteiger partial charge is 0.120 e. The second-order valence-corrected chi connectivity index (χ2v) is 2.36.